The van der Waals surface area contributed by atoms with E-state index in [-0.39, 0.29) is 5.91 Å². The molecule has 1 heterocycles. The van der Waals surface area contributed by atoms with Crippen LogP contribution in [-0.4, -0.2) is 22.2 Å². The highest BCUT2D eigenvalue weighted by molar-refractivity contribution is 6.31. The van der Waals surface area contributed by atoms with E-state index in [0.717, 1.165) is 29.4 Å². The van der Waals surface area contributed by atoms with Crippen LogP contribution >= 0.6 is 11.6 Å². The number of aryl methyl sites for hydroxylation is 2. The smallest absolute Gasteiger partial charge is 0.216 e. The molecule has 1 aromatic rings. The van der Waals surface area contributed by atoms with Crippen molar-refractivity contribution in [2.45, 2.75) is 33.7 Å². The van der Waals surface area contributed by atoms with Gasteiger partial charge in [0.05, 0.1) is 16.4 Å². The third kappa shape index (κ3) is 3.23. The van der Waals surface area contributed by atoms with E-state index in [4.69, 9.17) is 11.6 Å². The lowest BCUT2D eigenvalue weighted by atomic mass is 10.4. The molecule has 0 atom stereocenters. The van der Waals surface area contributed by atoms with E-state index in [2.05, 4.69) is 10.4 Å². The molecule has 1 N–H and O–H groups in total. The number of nitrogens with one attached hydrogen (secondary N) is 1. The molecule has 0 radical (unpaired) electrons. The minimum absolute atomic E-state index is 0.00130. The number of aromatic nitrogens is 2. The second-order valence-corrected chi connectivity index (χ2v) is 3.92. The van der Waals surface area contributed by atoms with Gasteiger partial charge in [-0.05, 0) is 20.3 Å². The minimum Gasteiger partial charge on any atom is -0.356 e. The first-order chi connectivity index (χ1) is 7.02. The monoisotopic (exact) mass is 229 g/mol. The molecule has 0 fully saturated rings. The number of carbonyl (C=O) groups excluding carboxylic acids is 1. The molecule has 0 unspecified atom stereocenters. The number of halogens is 1. The van der Waals surface area contributed by atoms with Gasteiger partial charge in [0.15, 0.2) is 0 Å². The summed E-state index contributed by atoms with van der Waals surface area (Å²) >= 11 is 6.01. The lowest BCUT2D eigenvalue weighted by Crippen LogP contribution is -2.22. The first-order valence-corrected chi connectivity index (χ1v) is 5.34. The summed E-state index contributed by atoms with van der Waals surface area (Å²) < 4.78 is 1.87. The van der Waals surface area contributed by atoms with Gasteiger partial charge in [-0.3, -0.25) is 9.48 Å². The molecule has 84 valence electrons. The van der Waals surface area contributed by atoms with Gasteiger partial charge in [-0.1, -0.05) is 11.6 Å². The average Bonchev–Trinajstić information content (AvgIpc) is 2.41. The van der Waals surface area contributed by atoms with Crippen LogP contribution < -0.4 is 5.32 Å². The topological polar surface area (TPSA) is 46.9 Å². The highest BCUT2D eigenvalue weighted by Gasteiger charge is 2.07. The van der Waals surface area contributed by atoms with E-state index < -0.39 is 0 Å². The molecule has 0 aliphatic rings. The number of amides is 1. The van der Waals surface area contributed by atoms with Crippen molar-refractivity contribution in [1.82, 2.24) is 15.1 Å². The second-order valence-electron chi connectivity index (χ2n) is 3.54. The van der Waals surface area contributed by atoms with Crippen LogP contribution in [-0.2, 0) is 11.3 Å². The normalized spacial score (nSPS) is 10.4. The SMILES string of the molecule is CC(=O)NCCCn1nc(C)c(Cl)c1C. The lowest BCUT2D eigenvalue weighted by molar-refractivity contribution is -0.118. The molecule has 0 aromatic carbocycles. The Kier molecular flexibility index (Phi) is 4.15. The summed E-state index contributed by atoms with van der Waals surface area (Å²) in [5.74, 6) is 0.00130. The largest absolute Gasteiger partial charge is 0.356 e. The van der Waals surface area contributed by atoms with E-state index >= 15 is 0 Å². The summed E-state index contributed by atoms with van der Waals surface area (Å²) in [5, 5.41) is 7.77. The number of hydrogen-bond donors (Lipinski definition) is 1. The van der Waals surface area contributed by atoms with E-state index in [1.807, 2.05) is 18.5 Å². The van der Waals surface area contributed by atoms with Crippen molar-refractivity contribution in [2.75, 3.05) is 6.54 Å². The third-order valence-corrected chi connectivity index (χ3v) is 2.76. The number of carbonyl (C=O) groups is 1. The highest BCUT2D eigenvalue weighted by atomic mass is 35.5. The molecule has 0 spiro atoms. The molecule has 5 heteroatoms. The molecule has 0 bridgehead atoms. The van der Waals surface area contributed by atoms with Crippen molar-refractivity contribution < 1.29 is 4.79 Å². The average molecular weight is 230 g/mol. The predicted octanol–water partition coefficient (Wildman–Crippen LogP) is 1.68. The van der Waals surface area contributed by atoms with Gasteiger partial charge < -0.3 is 5.32 Å². The van der Waals surface area contributed by atoms with E-state index in [1.54, 1.807) is 0 Å². The van der Waals surface area contributed by atoms with Crippen molar-refractivity contribution in [3.8, 4) is 0 Å². The van der Waals surface area contributed by atoms with Gasteiger partial charge in [0.25, 0.3) is 0 Å². The van der Waals surface area contributed by atoms with E-state index in [1.165, 1.54) is 6.92 Å². The zero-order valence-electron chi connectivity index (χ0n) is 9.30. The molecule has 1 amide bonds. The van der Waals surface area contributed by atoms with Crippen LogP contribution in [0.2, 0.25) is 5.02 Å². The predicted molar refractivity (Wildman–Crippen MR) is 60.0 cm³/mol. The van der Waals surface area contributed by atoms with Crippen LogP contribution in [0.25, 0.3) is 0 Å². The van der Waals surface area contributed by atoms with Crippen molar-refractivity contribution >= 4 is 17.5 Å². The van der Waals surface area contributed by atoms with E-state index in [0.29, 0.717) is 6.54 Å². The first-order valence-electron chi connectivity index (χ1n) is 4.96. The Labute approximate surface area is 94.6 Å². The van der Waals surface area contributed by atoms with Crippen LogP contribution in [0.3, 0.4) is 0 Å². The summed E-state index contributed by atoms with van der Waals surface area (Å²) in [6.45, 7) is 6.80. The standard InChI is InChI=1S/C10H16ClN3O/c1-7-10(11)8(2)14(13-7)6-4-5-12-9(3)15/h4-6H2,1-3H3,(H,12,15). The fourth-order valence-electron chi connectivity index (χ4n) is 1.39. The molecule has 4 nitrogen and oxygen atoms in total. The number of nitrogens with zero attached hydrogens (tertiary/aromatic N) is 2. The van der Waals surface area contributed by atoms with Gasteiger partial charge in [0.2, 0.25) is 5.91 Å². The van der Waals surface area contributed by atoms with Gasteiger partial charge in [-0.2, -0.15) is 5.10 Å². The Bertz CT molecular complexity index is 360. The molecule has 0 aliphatic heterocycles. The summed E-state index contributed by atoms with van der Waals surface area (Å²) in [6, 6.07) is 0. The maximum Gasteiger partial charge on any atom is 0.216 e. The Morgan fingerprint density at radius 3 is 2.67 bits per heavy atom. The molecular weight excluding hydrogens is 214 g/mol. The minimum atomic E-state index is 0.00130. The fourth-order valence-corrected chi connectivity index (χ4v) is 1.52. The van der Waals surface area contributed by atoms with Crippen LogP contribution in [0.5, 0.6) is 0 Å². The molecule has 0 aliphatic carbocycles. The quantitative estimate of drug-likeness (QED) is 0.799. The fraction of sp³-hybridized carbons (Fsp3) is 0.600. The summed E-state index contributed by atoms with van der Waals surface area (Å²) in [5.41, 5.74) is 1.84. The van der Waals surface area contributed by atoms with Crippen LogP contribution in [0.1, 0.15) is 24.7 Å². The summed E-state index contributed by atoms with van der Waals surface area (Å²) in [7, 11) is 0. The highest BCUT2D eigenvalue weighted by Crippen LogP contribution is 2.18. The molecule has 0 saturated heterocycles. The van der Waals surface area contributed by atoms with Gasteiger partial charge in [-0.25, -0.2) is 0 Å². The van der Waals surface area contributed by atoms with Gasteiger partial charge in [0.1, 0.15) is 0 Å². The second kappa shape index (κ2) is 5.16. The lowest BCUT2D eigenvalue weighted by Gasteiger charge is -2.04. The summed E-state index contributed by atoms with van der Waals surface area (Å²) in [4.78, 5) is 10.6. The number of hydrogen-bond acceptors (Lipinski definition) is 2. The Balaban J connectivity index is 2.44. The zero-order valence-corrected chi connectivity index (χ0v) is 10.1. The molecule has 1 aromatic heterocycles. The van der Waals surface area contributed by atoms with Gasteiger partial charge in [0, 0.05) is 20.0 Å². The van der Waals surface area contributed by atoms with Crippen molar-refractivity contribution in [3.05, 3.63) is 16.4 Å². The van der Waals surface area contributed by atoms with E-state index in [9.17, 15) is 4.79 Å². The Morgan fingerprint density at radius 1 is 1.53 bits per heavy atom. The zero-order chi connectivity index (χ0) is 11.4. The van der Waals surface area contributed by atoms with Crippen molar-refractivity contribution in [3.63, 3.8) is 0 Å². The first kappa shape index (κ1) is 12.0. The molecule has 1 rings (SSSR count). The molecule has 15 heavy (non-hydrogen) atoms. The maximum absolute atomic E-state index is 10.6. The van der Waals surface area contributed by atoms with Gasteiger partial charge in [-0.15, -0.1) is 0 Å². The van der Waals surface area contributed by atoms with Crippen LogP contribution in [0, 0.1) is 13.8 Å². The van der Waals surface area contributed by atoms with Crippen molar-refractivity contribution in [2.24, 2.45) is 0 Å². The number of rotatable bonds is 4. The van der Waals surface area contributed by atoms with Gasteiger partial charge >= 0.3 is 0 Å². The Hall–Kier alpha value is -1.03. The Morgan fingerprint density at radius 2 is 2.20 bits per heavy atom. The third-order valence-electron chi connectivity index (χ3n) is 2.21. The summed E-state index contributed by atoms with van der Waals surface area (Å²) in [6.07, 6.45) is 0.859. The molecule has 0 saturated carbocycles. The molecular formula is C10H16ClN3O. The van der Waals surface area contributed by atoms with Crippen LogP contribution in [0.15, 0.2) is 0 Å². The van der Waals surface area contributed by atoms with Crippen LogP contribution in [0.4, 0.5) is 0 Å². The maximum atomic E-state index is 10.6. The van der Waals surface area contributed by atoms with Crippen molar-refractivity contribution in [1.29, 1.82) is 0 Å².